The van der Waals surface area contributed by atoms with Crippen LogP contribution in [-0.2, 0) is 11.8 Å². The summed E-state index contributed by atoms with van der Waals surface area (Å²) in [7, 11) is 1.83. The molecule has 0 fully saturated rings. The number of nitrogens with one attached hydrogen (secondary N) is 2. The first kappa shape index (κ1) is 18.0. The molecule has 2 heterocycles. The first-order valence-electron chi connectivity index (χ1n) is 8.18. The molecule has 3 aromatic rings. The fraction of sp³-hybridized carbons (Fsp3) is 0.250. The molecule has 0 spiro atoms. The van der Waals surface area contributed by atoms with Gasteiger partial charge in [0, 0.05) is 24.3 Å². The van der Waals surface area contributed by atoms with Gasteiger partial charge in [-0.05, 0) is 24.6 Å². The van der Waals surface area contributed by atoms with Gasteiger partial charge in [0.15, 0.2) is 11.5 Å². The normalized spacial score (nSPS) is 11.9. The highest BCUT2D eigenvalue weighted by Crippen LogP contribution is 2.22. The van der Waals surface area contributed by atoms with Crippen LogP contribution in [0.3, 0.4) is 0 Å². The summed E-state index contributed by atoms with van der Waals surface area (Å²) in [6, 6.07) is 4.82. The van der Waals surface area contributed by atoms with Gasteiger partial charge in [0.2, 0.25) is 11.9 Å². The Bertz CT molecular complexity index is 1010. The van der Waals surface area contributed by atoms with Crippen LogP contribution in [-0.4, -0.2) is 42.8 Å². The number of benzene rings is 1. The molecule has 1 aromatic carbocycles. The predicted molar refractivity (Wildman–Crippen MR) is 99.2 cm³/mol. The maximum Gasteiger partial charge on any atom is 0.273 e. The Balaban J connectivity index is 1.94. The Morgan fingerprint density at radius 1 is 1.26 bits per heavy atom. The summed E-state index contributed by atoms with van der Waals surface area (Å²) in [4.78, 5) is 27.3. The standard InChI is InChI=1S/C16H19N9O2/c1-3-10(13(17)26)20-16-21-15(12(14(18)27)22-23-16)19-9-5-4-8-7-25(2)24-11(8)6-9/h4-7,10H,3H2,1-2H3,(H2,17,26)(H2,18,27)(H2,19,20,21,23)/t10-/m1/s1. The van der Waals surface area contributed by atoms with Gasteiger partial charge in [-0.3, -0.25) is 14.3 Å². The second kappa shape index (κ2) is 7.23. The van der Waals surface area contributed by atoms with E-state index >= 15 is 0 Å². The van der Waals surface area contributed by atoms with E-state index in [1.165, 1.54) is 0 Å². The lowest BCUT2D eigenvalue weighted by Gasteiger charge is -2.14. The Morgan fingerprint density at radius 3 is 2.70 bits per heavy atom. The SMILES string of the molecule is CC[C@@H](Nc1nnc(C(N)=O)c(Nc2ccc3cn(C)nc3c2)n1)C(N)=O. The molecule has 0 radical (unpaired) electrons. The Hall–Kier alpha value is -3.76. The van der Waals surface area contributed by atoms with Crippen molar-refractivity contribution in [1.82, 2.24) is 25.0 Å². The first-order valence-corrected chi connectivity index (χ1v) is 8.18. The van der Waals surface area contributed by atoms with E-state index < -0.39 is 17.9 Å². The number of primary amides is 2. The van der Waals surface area contributed by atoms with Crippen molar-refractivity contribution in [3.63, 3.8) is 0 Å². The Labute approximate surface area is 154 Å². The van der Waals surface area contributed by atoms with Gasteiger partial charge in [-0.2, -0.15) is 10.1 Å². The summed E-state index contributed by atoms with van der Waals surface area (Å²) in [5.41, 5.74) is 11.9. The van der Waals surface area contributed by atoms with Crippen LogP contribution in [0.5, 0.6) is 0 Å². The van der Waals surface area contributed by atoms with Crippen LogP contribution in [0.1, 0.15) is 23.8 Å². The van der Waals surface area contributed by atoms with E-state index in [4.69, 9.17) is 11.5 Å². The number of carbonyl (C=O) groups is 2. The second-order valence-electron chi connectivity index (χ2n) is 5.91. The Morgan fingerprint density at radius 2 is 2.04 bits per heavy atom. The molecule has 0 bridgehead atoms. The highest BCUT2D eigenvalue weighted by atomic mass is 16.1. The van der Waals surface area contributed by atoms with Crippen LogP contribution in [0, 0.1) is 0 Å². The first-order chi connectivity index (χ1) is 12.9. The Kier molecular flexibility index (Phi) is 4.83. The minimum atomic E-state index is -0.787. The molecular weight excluding hydrogens is 350 g/mol. The molecule has 11 nitrogen and oxygen atoms in total. The molecule has 0 aliphatic carbocycles. The lowest BCUT2D eigenvalue weighted by Crippen LogP contribution is -2.35. The minimum Gasteiger partial charge on any atom is -0.368 e. The number of hydrogen-bond acceptors (Lipinski definition) is 8. The van der Waals surface area contributed by atoms with E-state index in [1.807, 2.05) is 25.4 Å². The summed E-state index contributed by atoms with van der Waals surface area (Å²) < 4.78 is 1.70. The summed E-state index contributed by atoms with van der Waals surface area (Å²) >= 11 is 0. The van der Waals surface area contributed by atoms with Crippen LogP contribution in [0.25, 0.3) is 10.9 Å². The van der Waals surface area contributed by atoms with E-state index in [9.17, 15) is 9.59 Å². The molecule has 1 atom stereocenters. The predicted octanol–water partition coefficient (Wildman–Crippen LogP) is 0.277. The molecule has 27 heavy (non-hydrogen) atoms. The largest absolute Gasteiger partial charge is 0.368 e. The number of amides is 2. The number of anilines is 3. The van der Waals surface area contributed by atoms with Gasteiger partial charge >= 0.3 is 0 Å². The molecule has 0 aliphatic heterocycles. The van der Waals surface area contributed by atoms with E-state index in [-0.39, 0.29) is 17.5 Å². The van der Waals surface area contributed by atoms with E-state index in [0.29, 0.717) is 12.1 Å². The fourth-order valence-corrected chi connectivity index (χ4v) is 2.52. The van der Waals surface area contributed by atoms with E-state index in [2.05, 4.69) is 30.9 Å². The lowest BCUT2D eigenvalue weighted by molar-refractivity contribution is -0.118. The molecule has 6 N–H and O–H groups in total. The fourth-order valence-electron chi connectivity index (χ4n) is 2.52. The summed E-state index contributed by atoms with van der Waals surface area (Å²) in [5.74, 6) is -1.18. The third-order valence-electron chi connectivity index (χ3n) is 3.86. The van der Waals surface area contributed by atoms with Crippen LogP contribution in [0.15, 0.2) is 24.4 Å². The van der Waals surface area contributed by atoms with Crippen molar-refractivity contribution >= 4 is 40.2 Å². The number of fused-ring (bicyclic) bond motifs is 1. The van der Waals surface area contributed by atoms with Gasteiger partial charge in [-0.15, -0.1) is 10.2 Å². The minimum absolute atomic E-state index is 0.0482. The summed E-state index contributed by atoms with van der Waals surface area (Å²) in [5, 5.41) is 18.7. The van der Waals surface area contributed by atoms with Crippen molar-refractivity contribution < 1.29 is 9.59 Å². The van der Waals surface area contributed by atoms with E-state index in [0.717, 1.165) is 10.9 Å². The summed E-state index contributed by atoms with van der Waals surface area (Å²) in [6.45, 7) is 1.79. The smallest absolute Gasteiger partial charge is 0.273 e. The topological polar surface area (TPSA) is 167 Å². The third kappa shape index (κ3) is 3.92. The number of aryl methyl sites for hydroxylation is 1. The van der Waals surface area contributed by atoms with Gasteiger partial charge in [-0.1, -0.05) is 6.92 Å². The molecule has 0 aliphatic rings. The van der Waals surface area contributed by atoms with Crippen molar-refractivity contribution in [2.75, 3.05) is 10.6 Å². The van der Waals surface area contributed by atoms with Gasteiger partial charge in [0.05, 0.1) is 5.52 Å². The molecular formula is C16H19N9O2. The number of nitrogens with zero attached hydrogens (tertiary/aromatic N) is 5. The molecule has 2 aromatic heterocycles. The number of hydrogen-bond donors (Lipinski definition) is 4. The zero-order valence-electron chi connectivity index (χ0n) is 14.8. The van der Waals surface area contributed by atoms with Crippen molar-refractivity contribution in [2.45, 2.75) is 19.4 Å². The number of aromatic nitrogens is 5. The van der Waals surface area contributed by atoms with Crippen molar-refractivity contribution in [1.29, 1.82) is 0 Å². The monoisotopic (exact) mass is 369 g/mol. The van der Waals surface area contributed by atoms with Crippen LogP contribution in [0.4, 0.5) is 17.5 Å². The second-order valence-corrected chi connectivity index (χ2v) is 5.91. The van der Waals surface area contributed by atoms with Gasteiger partial charge < -0.3 is 22.1 Å². The average molecular weight is 369 g/mol. The third-order valence-corrected chi connectivity index (χ3v) is 3.86. The highest BCUT2D eigenvalue weighted by molar-refractivity contribution is 5.96. The molecule has 11 heteroatoms. The highest BCUT2D eigenvalue weighted by Gasteiger charge is 2.18. The number of nitrogens with two attached hydrogens (primary N) is 2. The quantitative estimate of drug-likeness (QED) is 0.460. The van der Waals surface area contributed by atoms with Gasteiger partial charge in [0.25, 0.3) is 5.91 Å². The van der Waals surface area contributed by atoms with Gasteiger partial charge in [0.1, 0.15) is 6.04 Å². The lowest BCUT2D eigenvalue weighted by atomic mass is 10.2. The molecule has 0 saturated carbocycles. The number of carbonyl (C=O) groups excluding carboxylic acids is 2. The molecule has 3 rings (SSSR count). The summed E-state index contributed by atoms with van der Waals surface area (Å²) in [6.07, 6.45) is 2.33. The van der Waals surface area contributed by atoms with Gasteiger partial charge in [-0.25, -0.2) is 0 Å². The van der Waals surface area contributed by atoms with E-state index in [1.54, 1.807) is 17.7 Å². The maximum absolute atomic E-state index is 11.7. The number of rotatable bonds is 7. The zero-order valence-corrected chi connectivity index (χ0v) is 14.8. The molecule has 0 saturated heterocycles. The zero-order chi connectivity index (χ0) is 19.6. The van der Waals surface area contributed by atoms with Crippen LogP contribution < -0.4 is 22.1 Å². The average Bonchev–Trinajstić information content (AvgIpc) is 2.98. The van der Waals surface area contributed by atoms with Crippen molar-refractivity contribution in [3.05, 3.63) is 30.1 Å². The van der Waals surface area contributed by atoms with Crippen LogP contribution >= 0.6 is 0 Å². The molecule has 140 valence electrons. The van der Waals surface area contributed by atoms with Crippen LogP contribution in [0.2, 0.25) is 0 Å². The van der Waals surface area contributed by atoms with Crippen molar-refractivity contribution in [3.8, 4) is 0 Å². The molecule has 2 amide bonds. The molecule has 0 unspecified atom stereocenters. The maximum atomic E-state index is 11.7. The van der Waals surface area contributed by atoms with Crippen molar-refractivity contribution in [2.24, 2.45) is 18.5 Å².